The molecule has 5 heteroatoms. The van der Waals surface area contributed by atoms with Crippen molar-refractivity contribution in [1.29, 1.82) is 0 Å². The van der Waals surface area contributed by atoms with Gasteiger partial charge < -0.3 is 15.3 Å². The van der Waals surface area contributed by atoms with Crippen LogP contribution in [-0.4, -0.2) is 59.3 Å². The Morgan fingerprint density at radius 2 is 2.12 bits per heavy atom. The molecule has 24 heavy (non-hydrogen) atoms. The minimum absolute atomic E-state index is 0.0481. The molecule has 1 aliphatic rings. The van der Waals surface area contributed by atoms with Crippen LogP contribution in [0.4, 0.5) is 4.79 Å². The van der Waals surface area contributed by atoms with Crippen LogP contribution in [0.5, 0.6) is 0 Å². The van der Waals surface area contributed by atoms with Crippen LogP contribution in [0, 0.1) is 0 Å². The Labute approximate surface area is 145 Å². The number of amides is 2. The highest BCUT2D eigenvalue weighted by molar-refractivity contribution is 5.74. The summed E-state index contributed by atoms with van der Waals surface area (Å²) in [5.74, 6) is 0. The van der Waals surface area contributed by atoms with E-state index in [2.05, 4.69) is 54.9 Å². The van der Waals surface area contributed by atoms with Gasteiger partial charge in [0, 0.05) is 38.3 Å². The van der Waals surface area contributed by atoms with E-state index in [1.807, 2.05) is 0 Å². The average molecular weight is 331 g/mol. The number of nitrogens with zero attached hydrogens (tertiary/aromatic N) is 2. The van der Waals surface area contributed by atoms with E-state index in [0.29, 0.717) is 19.6 Å². The molecule has 0 saturated carbocycles. The van der Waals surface area contributed by atoms with E-state index in [1.165, 1.54) is 11.1 Å². The lowest BCUT2D eigenvalue weighted by Crippen LogP contribution is -2.55. The molecule has 1 heterocycles. The van der Waals surface area contributed by atoms with Crippen molar-refractivity contribution < 1.29 is 9.90 Å². The summed E-state index contributed by atoms with van der Waals surface area (Å²) in [4.78, 5) is 16.3. The summed E-state index contributed by atoms with van der Waals surface area (Å²) in [6.07, 6.45) is 2.71. The lowest BCUT2D eigenvalue weighted by molar-refractivity contribution is 0.101. The van der Waals surface area contributed by atoms with Crippen molar-refractivity contribution >= 4 is 6.03 Å². The first-order chi connectivity index (χ1) is 11.5. The Balaban J connectivity index is 1.94. The second-order valence-corrected chi connectivity index (χ2v) is 6.87. The van der Waals surface area contributed by atoms with Crippen molar-refractivity contribution in [2.75, 3.05) is 32.8 Å². The van der Waals surface area contributed by atoms with Crippen LogP contribution in [0.3, 0.4) is 0 Å². The number of hydrogen-bond acceptors (Lipinski definition) is 3. The van der Waals surface area contributed by atoms with Crippen molar-refractivity contribution in [2.24, 2.45) is 0 Å². The Hall–Kier alpha value is -1.85. The maximum Gasteiger partial charge on any atom is 0.317 e. The second-order valence-electron chi connectivity index (χ2n) is 6.87. The summed E-state index contributed by atoms with van der Waals surface area (Å²) in [7, 11) is 0. The molecule has 2 rings (SSSR count). The maximum absolute atomic E-state index is 12.3. The highest BCUT2D eigenvalue weighted by atomic mass is 16.3. The van der Waals surface area contributed by atoms with E-state index < -0.39 is 0 Å². The van der Waals surface area contributed by atoms with Crippen LogP contribution in [0.2, 0.25) is 0 Å². The fourth-order valence-electron chi connectivity index (χ4n) is 3.08. The van der Waals surface area contributed by atoms with Gasteiger partial charge in [-0.25, -0.2) is 4.79 Å². The van der Waals surface area contributed by atoms with Crippen molar-refractivity contribution in [3.05, 3.63) is 48.0 Å². The van der Waals surface area contributed by atoms with E-state index in [-0.39, 0.29) is 18.2 Å². The molecule has 0 aliphatic carbocycles. The maximum atomic E-state index is 12.3. The predicted octanol–water partition coefficient (Wildman–Crippen LogP) is 2.01. The standard InChI is InChI=1S/C19H29N3O2/c1-4-10-21(12-13-23)18(24)20-15-19(2,3)22-11-9-16-7-5-6-8-17(16)14-22/h4-8,23H,1,9-15H2,2-3H3,(H,20,24). The SMILES string of the molecule is C=CCN(CCO)C(=O)NCC(C)(C)N1CCc2ccccc2C1. The van der Waals surface area contributed by atoms with Gasteiger partial charge in [-0.2, -0.15) is 0 Å². The number of fused-ring (bicyclic) bond motifs is 1. The fraction of sp³-hybridized carbons (Fsp3) is 0.526. The summed E-state index contributed by atoms with van der Waals surface area (Å²) < 4.78 is 0. The number of carbonyl (C=O) groups excluding carboxylic acids is 1. The zero-order valence-corrected chi connectivity index (χ0v) is 14.8. The third-order valence-corrected chi connectivity index (χ3v) is 4.67. The summed E-state index contributed by atoms with van der Waals surface area (Å²) in [5, 5.41) is 12.1. The lowest BCUT2D eigenvalue weighted by atomic mass is 9.94. The Morgan fingerprint density at radius 1 is 1.42 bits per heavy atom. The molecule has 0 saturated heterocycles. The molecular weight excluding hydrogens is 302 g/mol. The molecule has 1 aromatic carbocycles. The second kappa shape index (κ2) is 8.31. The number of benzene rings is 1. The molecule has 0 fully saturated rings. The summed E-state index contributed by atoms with van der Waals surface area (Å²) in [6.45, 7) is 11.1. The number of nitrogens with one attached hydrogen (secondary N) is 1. The van der Waals surface area contributed by atoms with E-state index >= 15 is 0 Å². The molecule has 2 N–H and O–H groups in total. The molecule has 1 aromatic rings. The molecule has 0 aromatic heterocycles. The van der Waals surface area contributed by atoms with E-state index in [9.17, 15) is 4.79 Å². The zero-order valence-electron chi connectivity index (χ0n) is 14.8. The number of carbonyl (C=O) groups is 1. The molecule has 5 nitrogen and oxygen atoms in total. The number of hydrogen-bond donors (Lipinski definition) is 2. The average Bonchev–Trinajstić information content (AvgIpc) is 2.59. The Morgan fingerprint density at radius 3 is 2.79 bits per heavy atom. The van der Waals surface area contributed by atoms with Crippen LogP contribution in [0.15, 0.2) is 36.9 Å². The number of urea groups is 1. The van der Waals surface area contributed by atoms with Crippen LogP contribution in [0.25, 0.3) is 0 Å². The van der Waals surface area contributed by atoms with Crippen molar-refractivity contribution in [3.8, 4) is 0 Å². The van der Waals surface area contributed by atoms with Gasteiger partial charge >= 0.3 is 6.03 Å². The molecule has 0 spiro atoms. The van der Waals surface area contributed by atoms with Crippen LogP contribution >= 0.6 is 0 Å². The van der Waals surface area contributed by atoms with Gasteiger partial charge in [0.2, 0.25) is 0 Å². The van der Waals surface area contributed by atoms with Crippen molar-refractivity contribution in [1.82, 2.24) is 15.1 Å². The molecular formula is C19H29N3O2. The first-order valence-electron chi connectivity index (χ1n) is 8.54. The first kappa shape index (κ1) is 18.5. The summed E-state index contributed by atoms with van der Waals surface area (Å²) >= 11 is 0. The van der Waals surface area contributed by atoms with Gasteiger partial charge in [0.05, 0.1) is 6.61 Å². The topological polar surface area (TPSA) is 55.8 Å². The third-order valence-electron chi connectivity index (χ3n) is 4.67. The molecule has 1 aliphatic heterocycles. The van der Waals surface area contributed by atoms with Gasteiger partial charge in [0.25, 0.3) is 0 Å². The molecule has 0 atom stereocenters. The number of rotatable bonds is 7. The third kappa shape index (κ3) is 4.58. The molecule has 132 valence electrons. The minimum atomic E-state index is -0.158. The smallest absolute Gasteiger partial charge is 0.317 e. The quantitative estimate of drug-likeness (QED) is 0.752. The summed E-state index contributed by atoms with van der Waals surface area (Å²) in [5.41, 5.74) is 2.66. The molecule has 0 unspecified atom stereocenters. The first-order valence-corrected chi connectivity index (χ1v) is 8.54. The molecule has 2 amide bonds. The minimum Gasteiger partial charge on any atom is -0.395 e. The van der Waals surface area contributed by atoms with Gasteiger partial charge in [-0.05, 0) is 31.4 Å². The van der Waals surface area contributed by atoms with Gasteiger partial charge in [-0.1, -0.05) is 30.3 Å². The van der Waals surface area contributed by atoms with Crippen molar-refractivity contribution in [3.63, 3.8) is 0 Å². The Bertz CT molecular complexity index is 571. The monoisotopic (exact) mass is 331 g/mol. The van der Waals surface area contributed by atoms with Crippen LogP contribution in [0.1, 0.15) is 25.0 Å². The Kier molecular flexibility index (Phi) is 6.40. The normalized spacial score (nSPS) is 14.8. The highest BCUT2D eigenvalue weighted by Gasteiger charge is 2.30. The number of aliphatic hydroxyl groups excluding tert-OH is 1. The lowest BCUT2D eigenvalue weighted by Gasteiger charge is -2.42. The van der Waals surface area contributed by atoms with Gasteiger partial charge in [-0.3, -0.25) is 4.90 Å². The van der Waals surface area contributed by atoms with E-state index in [4.69, 9.17) is 5.11 Å². The largest absolute Gasteiger partial charge is 0.395 e. The van der Waals surface area contributed by atoms with Crippen molar-refractivity contribution in [2.45, 2.75) is 32.4 Å². The van der Waals surface area contributed by atoms with Crippen LogP contribution in [-0.2, 0) is 13.0 Å². The van der Waals surface area contributed by atoms with Gasteiger partial charge in [-0.15, -0.1) is 6.58 Å². The fourth-order valence-corrected chi connectivity index (χ4v) is 3.08. The molecule has 0 bridgehead atoms. The van der Waals surface area contributed by atoms with Gasteiger partial charge in [0.15, 0.2) is 0 Å². The predicted molar refractivity (Wildman–Crippen MR) is 96.9 cm³/mol. The summed E-state index contributed by atoms with van der Waals surface area (Å²) in [6, 6.07) is 8.40. The van der Waals surface area contributed by atoms with E-state index in [1.54, 1.807) is 11.0 Å². The zero-order chi connectivity index (χ0) is 17.6. The van der Waals surface area contributed by atoms with E-state index in [0.717, 1.165) is 19.5 Å². The van der Waals surface area contributed by atoms with Gasteiger partial charge in [0.1, 0.15) is 0 Å². The highest BCUT2D eigenvalue weighted by Crippen LogP contribution is 2.24. The molecule has 0 radical (unpaired) electrons. The van der Waals surface area contributed by atoms with Crippen LogP contribution < -0.4 is 5.32 Å². The number of aliphatic hydroxyl groups is 1.